The van der Waals surface area contributed by atoms with Gasteiger partial charge in [-0.05, 0) is 11.9 Å². The Bertz CT molecular complexity index is 383. The number of carbonyl (C=O) groups excluding carboxylic acids is 1. The monoisotopic (exact) mass is 277 g/mol. The zero-order chi connectivity index (χ0) is 12.8. The molecule has 1 aromatic heterocycles. The molecule has 0 fully saturated rings. The van der Waals surface area contributed by atoms with Crippen LogP contribution in [0.1, 0.15) is 0 Å². The summed E-state index contributed by atoms with van der Waals surface area (Å²) in [5, 5.41) is 3.08. The zero-order valence-corrected chi connectivity index (χ0v) is 11.6. The van der Waals surface area contributed by atoms with E-state index in [-0.39, 0.29) is 6.03 Å². The summed E-state index contributed by atoms with van der Waals surface area (Å²) in [5.74, 6) is 1.56. The maximum absolute atomic E-state index is 10.9. The minimum Gasteiger partial charge on any atom is -0.344 e. The van der Waals surface area contributed by atoms with Crippen molar-refractivity contribution < 1.29 is 4.79 Å². The van der Waals surface area contributed by atoms with E-state index < -0.39 is 0 Å². The molecule has 0 aliphatic heterocycles. The molecule has 0 unspecified atom stereocenters. The van der Waals surface area contributed by atoms with Crippen LogP contribution in [-0.4, -0.2) is 42.0 Å². The van der Waals surface area contributed by atoms with Crippen molar-refractivity contribution in [3.8, 4) is 0 Å². The Kier molecular flexibility index (Phi) is 5.43. The van der Waals surface area contributed by atoms with Crippen LogP contribution in [0.15, 0.2) is 6.20 Å². The van der Waals surface area contributed by atoms with E-state index in [1.165, 1.54) is 11.9 Å². The smallest absolute Gasteiger partial charge is 0.324 e. The number of hydrogen-bond donors (Lipinski definition) is 2. The highest BCUT2D eigenvalue weighted by molar-refractivity contribution is 7.97. The summed E-state index contributed by atoms with van der Waals surface area (Å²) in [4.78, 5) is 17.1. The molecule has 6 nitrogen and oxygen atoms in total. The summed E-state index contributed by atoms with van der Waals surface area (Å²) < 4.78 is 4.45. The van der Waals surface area contributed by atoms with Crippen molar-refractivity contribution in [3.05, 3.63) is 11.3 Å². The number of amides is 2. The maximum atomic E-state index is 10.9. The Hall–Kier alpha value is -1.08. The van der Waals surface area contributed by atoms with Crippen LogP contribution in [0.4, 0.5) is 10.7 Å². The summed E-state index contributed by atoms with van der Waals surface area (Å²) in [5.41, 5.74) is 0. The standard InChI is InChI=1S/C9H16ClN5OS/c1-11-8(16)13-17-5-4-14(2)9-12-6-7(10)15(9)3/h6H,4-5H2,1-3H3,(H2,11,13,16). The number of nitrogens with zero attached hydrogens (tertiary/aromatic N) is 3. The summed E-state index contributed by atoms with van der Waals surface area (Å²) >= 11 is 7.25. The predicted octanol–water partition coefficient (Wildman–Crippen LogP) is 1.09. The average molecular weight is 278 g/mol. The summed E-state index contributed by atoms with van der Waals surface area (Å²) in [7, 11) is 5.37. The van der Waals surface area contributed by atoms with Gasteiger partial charge >= 0.3 is 6.03 Å². The number of aromatic nitrogens is 2. The first kappa shape index (κ1) is 14.0. The number of urea groups is 1. The molecule has 8 heteroatoms. The van der Waals surface area contributed by atoms with E-state index in [4.69, 9.17) is 11.6 Å². The molecule has 0 aliphatic rings. The molecule has 0 saturated heterocycles. The quantitative estimate of drug-likeness (QED) is 0.625. The fourth-order valence-electron chi connectivity index (χ4n) is 1.18. The van der Waals surface area contributed by atoms with Gasteiger partial charge in [0.05, 0.1) is 6.20 Å². The van der Waals surface area contributed by atoms with Gasteiger partial charge in [-0.25, -0.2) is 9.78 Å². The molecule has 1 rings (SSSR count). The number of imidazole rings is 1. The molecule has 0 radical (unpaired) electrons. The average Bonchev–Trinajstić information content (AvgIpc) is 2.65. The van der Waals surface area contributed by atoms with Crippen molar-refractivity contribution in [2.24, 2.45) is 7.05 Å². The predicted molar refractivity (Wildman–Crippen MR) is 71.5 cm³/mol. The topological polar surface area (TPSA) is 62.2 Å². The lowest BCUT2D eigenvalue weighted by Gasteiger charge is -2.17. The van der Waals surface area contributed by atoms with Crippen LogP contribution >= 0.6 is 23.5 Å². The number of nitrogens with one attached hydrogen (secondary N) is 2. The maximum Gasteiger partial charge on any atom is 0.324 e. The number of hydrogen-bond acceptors (Lipinski definition) is 4. The highest BCUT2D eigenvalue weighted by atomic mass is 35.5. The van der Waals surface area contributed by atoms with Crippen LogP contribution in [-0.2, 0) is 7.05 Å². The van der Waals surface area contributed by atoms with Crippen LogP contribution in [0.5, 0.6) is 0 Å². The van der Waals surface area contributed by atoms with Gasteiger partial charge in [0.1, 0.15) is 5.15 Å². The summed E-state index contributed by atoms with van der Waals surface area (Å²) in [6.07, 6.45) is 1.61. The van der Waals surface area contributed by atoms with Crippen molar-refractivity contribution in [2.45, 2.75) is 0 Å². The van der Waals surface area contributed by atoms with Crippen LogP contribution in [0.2, 0.25) is 5.15 Å². The van der Waals surface area contributed by atoms with Gasteiger partial charge in [-0.3, -0.25) is 4.72 Å². The third-order valence-electron chi connectivity index (χ3n) is 2.17. The number of halogens is 1. The largest absolute Gasteiger partial charge is 0.344 e. The molecule has 17 heavy (non-hydrogen) atoms. The van der Waals surface area contributed by atoms with Crippen molar-refractivity contribution in [3.63, 3.8) is 0 Å². The molecule has 0 aromatic carbocycles. The van der Waals surface area contributed by atoms with Gasteiger partial charge in [-0.2, -0.15) is 0 Å². The second-order valence-corrected chi connectivity index (χ2v) is 4.68. The minimum absolute atomic E-state index is 0.197. The number of anilines is 1. The number of rotatable bonds is 5. The van der Waals surface area contributed by atoms with Gasteiger partial charge in [0.25, 0.3) is 0 Å². The van der Waals surface area contributed by atoms with Crippen LogP contribution < -0.4 is 14.9 Å². The number of carbonyl (C=O) groups is 1. The van der Waals surface area contributed by atoms with E-state index in [0.29, 0.717) is 5.15 Å². The summed E-state index contributed by atoms with van der Waals surface area (Å²) in [6.45, 7) is 0.760. The molecule has 0 aliphatic carbocycles. The van der Waals surface area contributed by atoms with Crippen molar-refractivity contribution in [2.75, 3.05) is 31.3 Å². The molecule has 0 atom stereocenters. The minimum atomic E-state index is -0.197. The molecule has 0 bridgehead atoms. The van der Waals surface area contributed by atoms with E-state index in [9.17, 15) is 4.79 Å². The Morgan fingerprint density at radius 3 is 2.94 bits per heavy atom. The van der Waals surface area contributed by atoms with Crippen LogP contribution in [0.3, 0.4) is 0 Å². The lowest BCUT2D eigenvalue weighted by atomic mass is 10.6. The fraction of sp³-hybridized carbons (Fsp3) is 0.556. The van der Waals surface area contributed by atoms with Gasteiger partial charge in [0, 0.05) is 33.4 Å². The highest BCUT2D eigenvalue weighted by Crippen LogP contribution is 2.16. The molecule has 1 heterocycles. The fourth-order valence-corrected chi connectivity index (χ4v) is 2.01. The second kappa shape index (κ2) is 6.61. The Morgan fingerprint density at radius 1 is 1.71 bits per heavy atom. The molecule has 2 N–H and O–H groups in total. The first-order chi connectivity index (χ1) is 8.06. The molecule has 0 saturated carbocycles. The SMILES string of the molecule is CNC(=O)NSCCN(C)c1ncc(Cl)n1C. The van der Waals surface area contributed by atoms with Gasteiger partial charge in [-0.15, -0.1) is 0 Å². The Balaban J connectivity index is 2.33. The van der Waals surface area contributed by atoms with Crippen molar-refractivity contribution in [1.82, 2.24) is 19.6 Å². The molecule has 0 spiro atoms. The van der Waals surface area contributed by atoms with E-state index >= 15 is 0 Å². The first-order valence-electron chi connectivity index (χ1n) is 5.04. The Labute approximate surface area is 110 Å². The van der Waals surface area contributed by atoms with Gasteiger partial charge < -0.3 is 14.8 Å². The first-order valence-corrected chi connectivity index (χ1v) is 6.40. The van der Waals surface area contributed by atoms with Crippen molar-refractivity contribution in [1.29, 1.82) is 0 Å². The third-order valence-corrected chi connectivity index (χ3v) is 3.24. The van der Waals surface area contributed by atoms with Gasteiger partial charge in [0.2, 0.25) is 5.95 Å². The molecule has 96 valence electrons. The van der Waals surface area contributed by atoms with Crippen LogP contribution in [0.25, 0.3) is 0 Å². The zero-order valence-electron chi connectivity index (χ0n) is 10.0. The van der Waals surface area contributed by atoms with Gasteiger partial charge in [0.15, 0.2) is 0 Å². The van der Waals surface area contributed by atoms with Crippen LogP contribution in [0, 0.1) is 0 Å². The van der Waals surface area contributed by atoms with E-state index in [1.807, 2.05) is 19.0 Å². The van der Waals surface area contributed by atoms with Gasteiger partial charge in [-0.1, -0.05) is 11.6 Å². The van der Waals surface area contributed by atoms with E-state index in [2.05, 4.69) is 15.0 Å². The van der Waals surface area contributed by atoms with Crippen molar-refractivity contribution >= 4 is 35.5 Å². The Morgan fingerprint density at radius 2 is 2.41 bits per heavy atom. The second-order valence-electron chi connectivity index (χ2n) is 3.39. The molecule has 2 amide bonds. The van der Waals surface area contributed by atoms with E-state index in [1.54, 1.807) is 17.8 Å². The van der Waals surface area contributed by atoms with E-state index in [0.717, 1.165) is 18.2 Å². The highest BCUT2D eigenvalue weighted by Gasteiger charge is 2.09. The lowest BCUT2D eigenvalue weighted by Crippen LogP contribution is -2.30. The normalized spacial score (nSPS) is 10.1. The molecular weight excluding hydrogens is 262 g/mol. The molecular formula is C9H16ClN5OS. The third kappa shape index (κ3) is 4.01. The molecule has 1 aromatic rings. The lowest BCUT2D eigenvalue weighted by molar-refractivity contribution is 0.248. The summed E-state index contributed by atoms with van der Waals surface area (Å²) in [6, 6.07) is -0.197.